The molecule has 0 aliphatic heterocycles. The maximum atomic E-state index is 13.5. The SMILES string of the molecule is O=C(O)c1ccc(NC(=O)[C@@H](Cc2ccc(F)cc2)c2ccc(-c3cc(Cl)ccc3-n3cnnn3)c[n+]2[O-])cc1. The molecule has 200 valence electrons. The van der Waals surface area contributed by atoms with Crippen molar-refractivity contribution in [2.45, 2.75) is 12.3 Å². The standard InChI is InChI=1S/C28H20ClFN6O4/c29-20-6-12-25(35-16-31-33-34-35)23(14-20)19-5-11-26(36(40)15-19)24(13-17-1-7-21(30)8-2-17)27(37)32-22-9-3-18(4-10-22)28(38)39/h1-12,14-16,24H,13H2,(H,32,37)(H,38,39)/t24-/m0/s1. The minimum absolute atomic E-state index is 0.0657. The summed E-state index contributed by atoms with van der Waals surface area (Å²) in [4.78, 5) is 24.6. The van der Waals surface area contributed by atoms with Gasteiger partial charge in [0.2, 0.25) is 11.6 Å². The van der Waals surface area contributed by atoms with Crippen LogP contribution in [0.4, 0.5) is 10.1 Å². The third kappa shape index (κ3) is 5.79. The van der Waals surface area contributed by atoms with E-state index in [-0.39, 0.29) is 17.7 Å². The first-order valence-corrected chi connectivity index (χ1v) is 12.3. The summed E-state index contributed by atoms with van der Waals surface area (Å²) in [5.41, 5.74) is 2.91. The van der Waals surface area contributed by atoms with E-state index in [1.165, 1.54) is 53.6 Å². The number of aromatic nitrogens is 5. The molecular formula is C28H20ClFN6O4. The maximum Gasteiger partial charge on any atom is 0.335 e. The number of anilines is 1. The van der Waals surface area contributed by atoms with E-state index in [0.29, 0.717) is 37.8 Å². The van der Waals surface area contributed by atoms with Gasteiger partial charge in [0.15, 0.2) is 6.20 Å². The van der Waals surface area contributed by atoms with Crippen molar-refractivity contribution in [2.75, 3.05) is 5.32 Å². The molecular weight excluding hydrogens is 539 g/mol. The van der Waals surface area contributed by atoms with Crippen LogP contribution in [0.2, 0.25) is 5.02 Å². The number of halogens is 2. The van der Waals surface area contributed by atoms with Crippen molar-refractivity contribution in [2.24, 2.45) is 0 Å². The average Bonchev–Trinajstić information content (AvgIpc) is 3.48. The molecule has 2 N–H and O–H groups in total. The van der Waals surface area contributed by atoms with Gasteiger partial charge in [0.1, 0.15) is 18.1 Å². The molecule has 0 spiro atoms. The lowest BCUT2D eigenvalue weighted by atomic mass is 9.93. The topological polar surface area (TPSA) is 137 Å². The summed E-state index contributed by atoms with van der Waals surface area (Å²) in [6.07, 6.45) is 2.85. The van der Waals surface area contributed by atoms with Crippen LogP contribution in [-0.2, 0) is 11.2 Å². The zero-order valence-corrected chi connectivity index (χ0v) is 21.4. The molecule has 1 atom stereocenters. The highest BCUT2D eigenvalue weighted by molar-refractivity contribution is 6.31. The number of hydrogen-bond acceptors (Lipinski definition) is 6. The van der Waals surface area contributed by atoms with Gasteiger partial charge in [-0.05, 0) is 83.1 Å². The van der Waals surface area contributed by atoms with Crippen LogP contribution in [0.25, 0.3) is 16.8 Å². The van der Waals surface area contributed by atoms with Gasteiger partial charge < -0.3 is 15.6 Å². The van der Waals surface area contributed by atoms with Crippen molar-refractivity contribution in [3.05, 3.63) is 124 Å². The van der Waals surface area contributed by atoms with Crippen LogP contribution in [0.1, 0.15) is 27.5 Å². The number of carboxylic acids is 1. The summed E-state index contributed by atoms with van der Waals surface area (Å²) in [5.74, 6) is -2.98. The van der Waals surface area contributed by atoms with E-state index in [0.717, 1.165) is 0 Å². The fraction of sp³-hybridized carbons (Fsp3) is 0.0714. The first kappa shape index (κ1) is 26.4. The Morgan fingerprint density at radius 3 is 2.45 bits per heavy atom. The summed E-state index contributed by atoms with van der Waals surface area (Å²) in [6, 6.07) is 19.6. The lowest BCUT2D eigenvalue weighted by Crippen LogP contribution is -2.38. The number of carboxylic acid groups (broad SMARTS) is 1. The fourth-order valence-corrected chi connectivity index (χ4v) is 4.42. The lowest BCUT2D eigenvalue weighted by molar-refractivity contribution is -0.614. The number of nitrogens with zero attached hydrogens (tertiary/aromatic N) is 5. The van der Waals surface area contributed by atoms with Crippen LogP contribution < -0.4 is 10.0 Å². The van der Waals surface area contributed by atoms with Gasteiger partial charge >= 0.3 is 5.97 Å². The fourth-order valence-electron chi connectivity index (χ4n) is 4.25. The van der Waals surface area contributed by atoms with E-state index in [2.05, 4.69) is 20.8 Å². The Morgan fingerprint density at radius 2 is 1.80 bits per heavy atom. The normalized spacial score (nSPS) is 11.7. The Hall–Kier alpha value is -5.16. The van der Waals surface area contributed by atoms with Crippen molar-refractivity contribution in [1.29, 1.82) is 0 Å². The van der Waals surface area contributed by atoms with Crippen molar-refractivity contribution in [3.8, 4) is 16.8 Å². The van der Waals surface area contributed by atoms with Crippen molar-refractivity contribution in [1.82, 2.24) is 20.2 Å². The molecule has 5 aromatic rings. The molecule has 12 heteroatoms. The molecule has 10 nitrogen and oxygen atoms in total. The van der Waals surface area contributed by atoms with Crippen molar-refractivity contribution >= 4 is 29.2 Å². The van der Waals surface area contributed by atoms with Gasteiger partial charge in [0.05, 0.1) is 11.3 Å². The van der Waals surface area contributed by atoms with Crippen LogP contribution in [0.3, 0.4) is 0 Å². The molecule has 0 aliphatic rings. The van der Waals surface area contributed by atoms with Crippen LogP contribution in [0.5, 0.6) is 0 Å². The predicted molar refractivity (Wildman–Crippen MR) is 143 cm³/mol. The predicted octanol–water partition coefficient (Wildman–Crippen LogP) is 4.42. The molecule has 3 aromatic carbocycles. The Labute approximate surface area is 231 Å². The molecule has 2 heterocycles. The molecule has 0 fully saturated rings. The molecule has 0 saturated heterocycles. The Bertz CT molecular complexity index is 1680. The van der Waals surface area contributed by atoms with E-state index in [1.807, 2.05) is 0 Å². The minimum atomic E-state index is -1.09. The van der Waals surface area contributed by atoms with Crippen LogP contribution in [0.15, 0.2) is 91.4 Å². The second kappa shape index (κ2) is 11.3. The van der Waals surface area contributed by atoms with Crippen LogP contribution in [0, 0.1) is 11.0 Å². The summed E-state index contributed by atoms with van der Waals surface area (Å²) >= 11 is 6.24. The molecule has 5 rings (SSSR count). The summed E-state index contributed by atoms with van der Waals surface area (Å²) < 4.78 is 15.6. The summed E-state index contributed by atoms with van der Waals surface area (Å²) in [6.45, 7) is 0. The van der Waals surface area contributed by atoms with Gasteiger partial charge in [0, 0.05) is 27.9 Å². The number of carbonyl (C=O) groups is 2. The third-order valence-electron chi connectivity index (χ3n) is 6.24. The highest BCUT2D eigenvalue weighted by Crippen LogP contribution is 2.30. The largest absolute Gasteiger partial charge is 0.618 e. The monoisotopic (exact) mass is 558 g/mol. The van der Waals surface area contributed by atoms with Gasteiger partial charge in [-0.25, -0.2) is 9.18 Å². The zero-order valence-electron chi connectivity index (χ0n) is 20.6. The Balaban J connectivity index is 1.50. The van der Waals surface area contributed by atoms with Crippen LogP contribution >= 0.6 is 11.6 Å². The Kier molecular flexibility index (Phi) is 7.47. The van der Waals surface area contributed by atoms with E-state index in [9.17, 15) is 19.2 Å². The van der Waals surface area contributed by atoms with Gasteiger partial charge in [-0.1, -0.05) is 23.7 Å². The molecule has 0 bridgehead atoms. The van der Waals surface area contributed by atoms with Crippen molar-refractivity contribution < 1.29 is 23.8 Å². The second-order valence-corrected chi connectivity index (χ2v) is 9.28. The molecule has 0 saturated carbocycles. The first-order chi connectivity index (χ1) is 19.3. The number of benzene rings is 3. The summed E-state index contributed by atoms with van der Waals surface area (Å²) in [7, 11) is 0. The molecule has 0 radical (unpaired) electrons. The van der Waals surface area contributed by atoms with Gasteiger partial charge in [-0.3, -0.25) is 4.79 Å². The number of hydrogen-bond donors (Lipinski definition) is 2. The van der Waals surface area contributed by atoms with Crippen LogP contribution in [-0.4, -0.2) is 37.2 Å². The second-order valence-electron chi connectivity index (χ2n) is 8.84. The highest BCUT2D eigenvalue weighted by atomic mass is 35.5. The average molecular weight is 559 g/mol. The third-order valence-corrected chi connectivity index (χ3v) is 6.47. The number of rotatable bonds is 8. The smallest absolute Gasteiger partial charge is 0.335 e. The van der Waals surface area contributed by atoms with Gasteiger partial charge in [-0.2, -0.15) is 9.41 Å². The van der Waals surface area contributed by atoms with E-state index in [1.54, 1.807) is 42.5 Å². The number of aromatic carboxylic acids is 1. The van der Waals surface area contributed by atoms with E-state index >= 15 is 0 Å². The summed E-state index contributed by atoms with van der Waals surface area (Å²) in [5, 5.41) is 36.9. The van der Waals surface area contributed by atoms with E-state index in [4.69, 9.17) is 16.7 Å². The van der Waals surface area contributed by atoms with Crippen molar-refractivity contribution in [3.63, 3.8) is 0 Å². The molecule has 0 aliphatic carbocycles. The number of nitrogens with one attached hydrogen (secondary N) is 1. The number of pyridine rings is 1. The first-order valence-electron chi connectivity index (χ1n) is 11.9. The number of tetrazole rings is 1. The molecule has 0 unspecified atom stereocenters. The lowest BCUT2D eigenvalue weighted by Gasteiger charge is -2.18. The molecule has 40 heavy (non-hydrogen) atoms. The quantitative estimate of drug-likeness (QED) is 0.212. The minimum Gasteiger partial charge on any atom is -0.618 e. The molecule has 2 aromatic heterocycles. The van der Waals surface area contributed by atoms with Gasteiger partial charge in [-0.15, -0.1) is 5.10 Å². The zero-order chi connectivity index (χ0) is 28.2. The number of amides is 1. The number of carbonyl (C=O) groups excluding carboxylic acids is 1. The highest BCUT2D eigenvalue weighted by Gasteiger charge is 2.29. The maximum absolute atomic E-state index is 13.5. The molecule has 1 amide bonds. The Morgan fingerprint density at radius 1 is 1.05 bits per heavy atom. The van der Waals surface area contributed by atoms with Gasteiger partial charge in [0.25, 0.3) is 0 Å². The van der Waals surface area contributed by atoms with E-state index < -0.39 is 23.6 Å².